The average Bonchev–Trinajstić information content (AvgIpc) is 3.97. The number of hydrogen-bond donors (Lipinski definition) is 3. The van der Waals surface area contributed by atoms with Gasteiger partial charge in [0.1, 0.15) is 29.5 Å². The molecule has 15 nitrogen and oxygen atoms in total. The first-order valence-electron chi connectivity index (χ1n) is 17.5. The first-order valence-corrected chi connectivity index (χ1v) is 18.9. The molecule has 0 radical (unpaired) electrons. The van der Waals surface area contributed by atoms with Crippen LogP contribution in [0.4, 0.5) is 18.0 Å². The molecule has 0 spiro atoms. The SMILES string of the molecule is CCC1C[C@]1(NC(=O)[C@@H]1C[C@@H](Oc2nccc3cc(OC)ccc23)CN1C(=O)[C@@H](NC(=O)OC(C)(C)C(F)(F)F)C(C)(C)C)C(=O)NS(=O)(=O)OC1CC1. The van der Waals surface area contributed by atoms with Crippen molar-refractivity contribution in [2.45, 2.75) is 115 Å². The molecule has 4 amide bonds. The lowest BCUT2D eigenvalue weighted by molar-refractivity contribution is -0.244. The molecule has 54 heavy (non-hydrogen) atoms. The third kappa shape index (κ3) is 8.93. The van der Waals surface area contributed by atoms with Gasteiger partial charge in [-0.15, -0.1) is 0 Å². The predicted molar refractivity (Wildman–Crippen MR) is 186 cm³/mol. The van der Waals surface area contributed by atoms with E-state index >= 15 is 0 Å². The molecule has 2 aromatic rings. The summed E-state index contributed by atoms with van der Waals surface area (Å²) < 4.78 is 88.9. The second-order valence-electron chi connectivity index (χ2n) is 15.5. The Bertz CT molecular complexity index is 1900. The van der Waals surface area contributed by atoms with Crippen LogP contribution in [0.1, 0.15) is 73.6 Å². The zero-order valence-corrected chi connectivity index (χ0v) is 31.9. The summed E-state index contributed by atoms with van der Waals surface area (Å²) >= 11 is 0. The normalized spacial score (nSPS) is 23.7. The number of ether oxygens (including phenoxy) is 3. The number of carbonyl (C=O) groups excluding carboxylic acids is 4. The van der Waals surface area contributed by atoms with E-state index in [9.17, 15) is 40.8 Å². The number of rotatable bonds is 13. The van der Waals surface area contributed by atoms with Crippen LogP contribution in [0.3, 0.4) is 0 Å². The van der Waals surface area contributed by atoms with E-state index in [0.717, 1.165) is 10.3 Å². The van der Waals surface area contributed by atoms with Crippen LogP contribution in [0.2, 0.25) is 0 Å². The monoisotopic (exact) mass is 785 g/mol. The Labute approximate surface area is 311 Å². The number of amides is 4. The summed E-state index contributed by atoms with van der Waals surface area (Å²) in [6, 6.07) is 4.10. The molecule has 298 valence electrons. The van der Waals surface area contributed by atoms with Crippen LogP contribution in [0.25, 0.3) is 10.8 Å². The minimum Gasteiger partial charge on any atom is -0.497 e. The molecule has 1 unspecified atom stereocenters. The molecule has 1 aromatic heterocycles. The van der Waals surface area contributed by atoms with Crippen LogP contribution in [0.5, 0.6) is 11.6 Å². The fourth-order valence-corrected chi connectivity index (χ4v) is 7.33. The molecule has 1 aromatic carbocycles. The lowest BCUT2D eigenvalue weighted by Crippen LogP contribution is -2.60. The van der Waals surface area contributed by atoms with E-state index in [0.29, 0.717) is 44.2 Å². The second-order valence-corrected chi connectivity index (χ2v) is 16.8. The third-order valence-electron chi connectivity index (χ3n) is 9.82. The molecule has 3 fully saturated rings. The standard InChI is InChI=1S/C35H46F3N5O10S/c1-8-20-17-34(20,30(46)42-54(48,49)53-21-9-10-21)41-27(44)25-16-23(51-28-24-12-11-22(50-7)15-19(24)13-14-39-28)18-43(25)29(45)26(32(2,3)4)40-31(47)52-33(5,6)35(36,37)38/h11-15,20-21,23,25-26H,8-10,16-18H2,1-7H3,(H,40,47)(H,41,44)(H,42,46)/t20?,23-,25+,26-,34-/m1/s1. The Morgan fingerprint density at radius 2 is 1.74 bits per heavy atom. The van der Waals surface area contributed by atoms with Crippen LogP contribution in [-0.4, -0.2) is 97.4 Å². The Morgan fingerprint density at radius 3 is 2.31 bits per heavy atom. The van der Waals surface area contributed by atoms with Crippen molar-refractivity contribution in [2.75, 3.05) is 13.7 Å². The smallest absolute Gasteiger partial charge is 0.427 e. The van der Waals surface area contributed by atoms with E-state index in [1.807, 2.05) is 4.72 Å². The molecule has 19 heteroatoms. The number of nitrogens with zero attached hydrogens (tertiary/aromatic N) is 2. The highest BCUT2D eigenvalue weighted by Gasteiger charge is 2.62. The van der Waals surface area contributed by atoms with Crippen LogP contribution in [0.15, 0.2) is 30.5 Å². The Balaban J connectivity index is 1.44. The maximum absolute atomic E-state index is 14.4. The molecule has 2 saturated carbocycles. The molecule has 1 aliphatic heterocycles. The number of carbonyl (C=O) groups is 4. The molecule has 5 rings (SSSR count). The van der Waals surface area contributed by atoms with Gasteiger partial charge in [0.25, 0.3) is 5.91 Å². The second kappa shape index (κ2) is 14.7. The highest BCUT2D eigenvalue weighted by molar-refractivity contribution is 7.85. The Hall–Kier alpha value is -4.39. The maximum atomic E-state index is 14.4. The lowest BCUT2D eigenvalue weighted by atomic mass is 9.85. The fraction of sp³-hybridized carbons (Fsp3) is 0.629. The Kier molecular flexibility index (Phi) is 11.1. The molecule has 2 heterocycles. The summed E-state index contributed by atoms with van der Waals surface area (Å²) in [5, 5.41) is 6.29. The number of pyridine rings is 1. The van der Waals surface area contributed by atoms with Crippen molar-refractivity contribution in [1.29, 1.82) is 0 Å². The van der Waals surface area contributed by atoms with E-state index in [2.05, 4.69) is 15.6 Å². The number of benzene rings is 1. The summed E-state index contributed by atoms with van der Waals surface area (Å²) in [5.74, 6) is -2.32. The van der Waals surface area contributed by atoms with Gasteiger partial charge in [0.2, 0.25) is 23.3 Å². The molecule has 0 bridgehead atoms. The average molecular weight is 786 g/mol. The van der Waals surface area contributed by atoms with Gasteiger partial charge in [0, 0.05) is 18.0 Å². The predicted octanol–water partition coefficient (Wildman–Crippen LogP) is 3.90. The summed E-state index contributed by atoms with van der Waals surface area (Å²) in [6.45, 7) is 7.56. The first kappa shape index (κ1) is 40.8. The summed E-state index contributed by atoms with van der Waals surface area (Å²) in [5.41, 5.74) is -5.64. The zero-order chi connectivity index (χ0) is 40.0. The number of fused-ring (bicyclic) bond motifs is 1. The number of halogens is 3. The Morgan fingerprint density at radius 1 is 1.06 bits per heavy atom. The lowest BCUT2D eigenvalue weighted by Gasteiger charge is -2.36. The highest BCUT2D eigenvalue weighted by Crippen LogP contribution is 2.47. The molecular formula is C35H46F3N5O10S. The van der Waals surface area contributed by atoms with Crippen LogP contribution >= 0.6 is 0 Å². The number of alkyl carbamates (subject to hydrolysis) is 1. The number of likely N-dealkylation sites (tertiary alicyclic amines) is 1. The van der Waals surface area contributed by atoms with Gasteiger partial charge in [0.05, 0.1) is 19.8 Å². The number of aromatic nitrogens is 1. The van der Waals surface area contributed by atoms with Crippen molar-refractivity contribution >= 4 is 44.9 Å². The summed E-state index contributed by atoms with van der Waals surface area (Å²) in [6.07, 6.45) is -4.90. The van der Waals surface area contributed by atoms with Crippen LogP contribution in [-0.2, 0) is 33.6 Å². The highest BCUT2D eigenvalue weighted by atomic mass is 32.2. The van der Waals surface area contributed by atoms with Crippen molar-refractivity contribution in [2.24, 2.45) is 11.3 Å². The largest absolute Gasteiger partial charge is 0.497 e. The number of methoxy groups -OCH3 is 1. The van der Waals surface area contributed by atoms with Crippen molar-refractivity contribution in [3.05, 3.63) is 30.5 Å². The molecular weight excluding hydrogens is 739 g/mol. The van der Waals surface area contributed by atoms with Gasteiger partial charge >= 0.3 is 22.6 Å². The van der Waals surface area contributed by atoms with Gasteiger partial charge in [0.15, 0.2) is 0 Å². The molecule has 2 aliphatic carbocycles. The first-order chi connectivity index (χ1) is 25.0. The van der Waals surface area contributed by atoms with Crippen LogP contribution < -0.4 is 24.8 Å². The van der Waals surface area contributed by atoms with E-state index in [-0.39, 0.29) is 25.3 Å². The van der Waals surface area contributed by atoms with E-state index in [4.69, 9.17) is 18.4 Å². The van der Waals surface area contributed by atoms with Gasteiger partial charge in [-0.3, -0.25) is 18.6 Å². The van der Waals surface area contributed by atoms with E-state index in [1.165, 1.54) is 13.3 Å². The van der Waals surface area contributed by atoms with Gasteiger partial charge < -0.3 is 29.7 Å². The van der Waals surface area contributed by atoms with Crippen molar-refractivity contribution in [1.82, 2.24) is 25.2 Å². The van der Waals surface area contributed by atoms with E-state index < -0.39 is 87.1 Å². The fourth-order valence-electron chi connectivity index (χ4n) is 6.32. The van der Waals surface area contributed by atoms with Gasteiger partial charge in [-0.05, 0) is 74.1 Å². The minimum atomic E-state index is -4.92. The topological polar surface area (TPSA) is 192 Å². The van der Waals surface area contributed by atoms with Gasteiger partial charge in [-0.1, -0.05) is 34.1 Å². The summed E-state index contributed by atoms with van der Waals surface area (Å²) in [4.78, 5) is 60.4. The minimum absolute atomic E-state index is 0.108. The molecule has 3 aliphatic rings. The zero-order valence-electron chi connectivity index (χ0n) is 31.0. The van der Waals surface area contributed by atoms with Crippen LogP contribution in [0, 0.1) is 11.3 Å². The number of alkyl halides is 3. The van der Waals surface area contributed by atoms with E-state index in [1.54, 1.807) is 52.0 Å². The quantitative estimate of drug-likeness (QED) is 0.267. The maximum Gasteiger partial charge on any atom is 0.427 e. The van der Waals surface area contributed by atoms with Crippen molar-refractivity contribution < 1.29 is 59.2 Å². The van der Waals surface area contributed by atoms with Gasteiger partial charge in [-0.2, -0.15) is 21.6 Å². The number of nitrogens with one attached hydrogen (secondary N) is 3. The van der Waals surface area contributed by atoms with Crippen molar-refractivity contribution in [3.63, 3.8) is 0 Å². The molecule has 5 atom stereocenters. The van der Waals surface area contributed by atoms with Gasteiger partial charge in [-0.25, -0.2) is 14.5 Å². The van der Waals surface area contributed by atoms with Crippen molar-refractivity contribution in [3.8, 4) is 11.6 Å². The number of hydrogen-bond acceptors (Lipinski definition) is 11. The molecule has 3 N–H and O–H groups in total. The summed E-state index contributed by atoms with van der Waals surface area (Å²) in [7, 11) is -2.95. The molecule has 1 saturated heterocycles. The third-order valence-corrected chi connectivity index (χ3v) is 10.8.